The summed E-state index contributed by atoms with van der Waals surface area (Å²) in [6.07, 6.45) is 7.17. The number of ether oxygens (including phenoxy) is 1. The highest BCUT2D eigenvalue weighted by Crippen LogP contribution is 2.37. The third-order valence-corrected chi connectivity index (χ3v) is 5.44. The van der Waals surface area contributed by atoms with Crippen LogP contribution in [0.3, 0.4) is 0 Å². The number of halogens is 1. The summed E-state index contributed by atoms with van der Waals surface area (Å²) in [5.74, 6) is -0.203. The highest BCUT2D eigenvalue weighted by Gasteiger charge is 2.42. The van der Waals surface area contributed by atoms with Gasteiger partial charge in [-0.05, 0) is 67.0 Å². The maximum atomic E-state index is 14.8. The van der Waals surface area contributed by atoms with Crippen molar-refractivity contribution in [2.75, 3.05) is 13.2 Å². The molecule has 5 heteroatoms. The van der Waals surface area contributed by atoms with Crippen LogP contribution in [0, 0.1) is 11.2 Å². The maximum Gasteiger partial charge on any atom is 0.226 e. The van der Waals surface area contributed by atoms with Gasteiger partial charge in [-0.2, -0.15) is 0 Å². The van der Waals surface area contributed by atoms with Gasteiger partial charge in [0.1, 0.15) is 5.82 Å². The van der Waals surface area contributed by atoms with Gasteiger partial charge >= 0.3 is 0 Å². The summed E-state index contributed by atoms with van der Waals surface area (Å²) in [5, 5.41) is 3.12. The first-order valence-electron chi connectivity index (χ1n) is 9.24. The Kier molecular flexibility index (Phi) is 4.72. The first kappa shape index (κ1) is 17.2. The largest absolute Gasteiger partial charge is 0.381 e. The van der Waals surface area contributed by atoms with E-state index in [1.54, 1.807) is 18.5 Å². The van der Waals surface area contributed by atoms with E-state index >= 15 is 0 Å². The minimum Gasteiger partial charge on any atom is -0.381 e. The van der Waals surface area contributed by atoms with Crippen LogP contribution < -0.4 is 5.32 Å². The smallest absolute Gasteiger partial charge is 0.226 e. The molecule has 1 aliphatic carbocycles. The van der Waals surface area contributed by atoms with Crippen molar-refractivity contribution in [3.05, 3.63) is 54.1 Å². The van der Waals surface area contributed by atoms with Crippen molar-refractivity contribution >= 4 is 5.91 Å². The highest BCUT2D eigenvalue weighted by atomic mass is 19.1. The SMILES string of the molecule is O=C(NC1CC1)C1(Cc2ccc(-c3ccncc3)cc2F)CCOCC1. The van der Waals surface area contributed by atoms with Gasteiger partial charge in [0.25, 0.3) is 0 Å². The lowest BCUT2D eigenvalue weighted by molar-refractivity contribution is -0.136. The number of carbonyl (C=O) groups excluding carboxylic acids is 1. The molecule has 1 amide bonds. The summed E-state index contributed by atoms with van der Waals surface area (Å²) >= 11 is 0. The number of benzene rings is 1. The number of nitrogens with one attached hydrogen (secondary N) is 1. The van der Waals surface area contributed by atoms with E-state index < -0.39 is 5.41 Å². The quantitative estimate of drug-likeness (QED) is 0.894. The molecule has 0 spiro atoms. The Bertz CT molecular complexity index is 784. The van der Waals surface area contributed by atoms with Crippen molar-refractivity contribution in [2.24, 2.45) is 5.41 Å². The molecule has 26 heavy (non-hydrogen) atoms. The van der Waals surface area contributed by atoms with Gasteiger partial charge in [0.15, 0.2) is 0 Å². The predicted molar refractivity (Wildman–Crippen MR) is 97.0 cm³/mol. The minimum absolute atomic E-state index is 0.0564. The molecular formula is C21H23FN2O2. The lowest BCUT2D eigenvalue weighted by Gasteiger charge is -2.36. The van der Waals surface area contributed by atoms with Gasteiger partial charge in [-0.3, -0.25) is 9.78 Å². The van der Waals surface area contributed by atoms with Gasteiger partial charge in [-0.15, -0.1) is 0 Å². The molecule has 1 aromatic heterocycles. The Morgan fingerprint density at radius 3 is 2.54 bits per heavy atom. The van der Waals surface area contributed by atoms with Crippen LogP contribution in [0.2, 0.25) is 0 Å². The average Bonchev–Trinajstić information content (AvgIpc) is 3.49. The Morgan fingerprint density at radius 2 is 1.88 bits per heavy atom. The first-order valence-corrected chi connectivity index (χ1v) is 9.24. The zero-order chi connectivity index (χ0) is 18.0. The molecule has 1 saturated carbocycles. The number of carbonyl (C=O) groups is 1. The van der Waals surface area contributed by atoms with Crippen molar-refractivity contribution in [1.29, 1.82) is 0 Å². The topological polar surface area (TPSA) is 51.2 Å². The molecule has 2 fully saturated rings. The molecule has 4 rings (SSSR count). The molecule has 1 N–H and O–H groups in total. The number of aromatic nitrogens is 1. The van der Waals surface area contributed by atoms with E-state index in [-0.39, 0.29) is 11.7 Å². The van der Waals surface area contributed by atoms with Crippen LogP contribution in [0.5, 0.6) is 0 Å². The third-order valence-electron chi connectivity index (χ3n) is 5.44. The Labute approximate surface area is 152 Å². The van der Waals surface area contributed by atoms with Gasteiger partial charge in [-0.25, -0.2) is 4.39 Å². The van der Waals surface area contributed by atoms with Crippen LogP contribution in [-0.2, 0) is 16.0 Å². The van der Waals surface area contributed by atoms with E-state index in [2.05, 4.69) is 10.3 Å². The van der Waals surface area contributed by atoms with E-state index in [0.29, 0.717) is 44.1 Å². The number of hydrogen-bond donors (Lipinski definition) is 1. The molecule has 1 saturated heterocycles. The van der Waals surface area contributed by atoms with E-state index in [0.717, 1.165) is 24.0 Å². The van der Waals surface area contributed by atoms with Gasteiger partial charge in [0.05, 0.1) is 5.41 Å². The van der Waals surface area contributed by atoms with Crippen LogP contribution in [0.15, 0.2) is 42.7 Å². The Hall–Kier alpha value is -2.27. The highest BCUT2D eigenvalue weighted by molar-refractivity contribution is 5.83. The van der Waals surface area contributed by atoms with E-state index in [1.165, 1.54) is 0 Å². The fourth-order valence-corrected chi connectivity index (χ4v) is 3.59. The number of nitrogens with zero attached hydrogens (tertiary/aromatic N) is 1. The van der Waals surface area contributed by atoms with Crippen LogP contribution in [0.25, 0.3) is 11.1 Å². The van der Waals surface area contributed by atoms with E-state index in [9.17, 15) is 9.18 Å². The summed E-state index contributed by atoms with van der Waals surface area (Å²) < 4.78 is 20.3. The number of rotatable bonds is 5. The van der Waals surface area contributed by atoms with Crippen LogP contribution in [-0.4, -0.2) is 30.1 Å². The zero-order valence-electron chi connectivity index (χ0n) is 14.7. The fourth-order valence-electron chi connectivity index (χ4n) is 3.59. The molecule has 0 bridgehead atoms. The number of amides is 1. The molecule has 0 unspecified atom stereocenters. The number of hydrogen-bond acceptors (Lipinski definition) is 3. The normalized spacial score (nSPS) is 19.1. The van der Waals surface area contributed by atoms with Gasteiger partial charge in [-0.1, -0.05) is 12.1 Å². The second-order valence-corrected chi connectivity index (χ2v) is 7.36. The van der Waals surface area contributed by atoms with Crippen LogP contribution in [0.4, 0.5) is 4.39 Å². The molecule has 2 heterocycles. The van der Waals surface area contributed by atoms with Crippen molar-refractivity contribution in [1.82, 2.24) is 10.3 Å². The molecule has 1 aromatic carbocycles. The summed E-state index contributed by atoms with van der Waals surface area (Å²) in [6.45, 7) is 1.10. The van der Waals surface area contributed by atoms with Gasteiger partial charge < -0.3 is 10.1 Å². The zero-order valence-corrected chi connectivity index (χ0v) is 14.7. The van der Waals surface area contributed by atoms with Gasteiger partial charge in [0, 0.05) is 31.6 Å². The fraction of sp³-hybridized carbons (Fsp3) is 0.429. The summed E-state index contributed by atoms with van der Waals surface area (Å²) in [7, 11) is 0. The summed E-state index contributed by atoms with van der Waals surface area (Å²) in [5.41, 5.74) is 1.77. The molecule has 0 radical (unpaired) electrons. The monoisotopic (exact) mass is 354 g/mol. The lowest BCUT2D eigenvalue weighted by Crippen LogP contribution is -2.47. The average molecular weight is 354 g/mol. The Balaban J connectivity index is 1.58. The second-order valence-electron chi connectivity index (χ2n) is 7.36. The van der Waals surface area contributed by atoms with Crippen LogP contribution >= 0.6 is 0 Å². The van der Waals surface area contributed by atoms with Crippen molar-refractivity contribution in [3.8, 4) is 11.1 Å². The molecule has 4 nitrogen and oxygen atoms in total. The lowest BCUT2D eigenvalue weighted by atomic mass is 9.74. The number of pyridine rings is 1. The molecule has 2 aromatic rings. The predicted octanol–water partition coefficient (Wildman–Crippen LogP) is 3.51. The third kappa shape index (κ3) is 3.63. The molecular weight excluding hydrogens is 331 g/mol. The Morgan fingerprint density at radius 1 is 1.15 bits per heavy atom. The first-order chi connectivity index (χ1) is 12.7. The molecule has 136 valence electrons. The van der Waals surface area contributed by atoms with Crippen LogP contribution in [0.1, 0.15) is 31.2 Å². The standard InChI is InChI=1S/C21H23FN2O2/c22-19-13-16(15-5-9-23-10-6-15)1-2-17(19)14-21(7-11-26-12-8-21)20(25)24-18-3-4-18/h1-2,5-6,9-10,13,18H,3-4,7-8,11-12,14H2,(H,24,25). The molecule has 1 aliphatic heterocycles. The van der Waals surface area contributed by atoms with Gasteiger partial charge in [0.2, 0.25) is 5.91 Å². The molecule has 2 aliphatic rings. The second kappa shape index (κ2) is 7.16. The maximum absolute atomic E-state index is 14.8. The minimum atomic E-state index is -0.570. The van der Waals surface area contributed by atoms with Crippen molar-refractivity contribution < 1.29 is 13.9 Å². The molecule has 0 atom stereocenters. The van der Waals surface area contributed by atoms with Crippen molar-refractivity contribution in [2.45, 2.75) is 38.1 Å². The van der Waals surface area contributed by atoms with E-state index in [4.69, 9.17) is 4.74 Å². The van der Waals surface area contributed by atoms with Crippen molar-refractivity contribution in [3.63, 3.8) is 0 Å². The van der Waals surface area contributed by atoms with E-state index in [1.807, 2.05) is 24.3 Å². The summed E-state index contributed by atoms with van der Waals surface area (Å²) in [4.78, 5) is 16.9. The summed E-state index contributed by atoms with van der Waals surface area (Å²) in [6, 6.07) is 9.30.